The predicted octanol–water partition coefficient (Wildman–Crippen LogP) is 3.25. The first-order valence-electron chi connectivity index (χ1n) is 7.80. The topological polar surface area (TPSA) is 59.4 Å². The number of anilines is 1. The minimum atomic E-state index is -0.217. The molecular formula is C17H23BrN4O2. The van der Waals surface area contributed by atoms with Gasteiger partial charge in [-0.05, 0) is 46.1 Å². The van der Waals surface area contributed by atoms with Gasteiger partial charge in [0.1, 0.15) is 5.75 Å². The maximum Gasteiger partial charge on any atom is 0.259 e. The van der Waals surface area contributed by atoms with E-state index in [0.717, 1.165) is 17.6 Å². The monoisotopic (exact) mass is 394 g/mol. The standard InChI is InChI=1S/C17H23BrN4O2/c1-12(2)24-16-9-13(18)5-6-15(16)17(23)20-14-10-19-22(11-14)8-7-21(3)4/h5-6,9-12H,7-8H2,1-4H3,(H,20,23). The number of amides is 1. The number of likely N-dealkylation sites (N-methyl/N-ethyl adjacent to an activating group) is 1. The van der Waals surface area contributed by atoms with Crippen LogP contribution in [0.2, 0.25) is 0 Å². The number of halogens is 1. The van der Waals surface area contributed by atoms with E-state index in [2.05, 4.69) is 31.2 Å². The minimum Gasteiger partial charge on any atom is -0.490 e. The number of carbonyl (C=O) groups is 1. The first kappa shape index (κ1) is 18.5. The van der Waals surface area contributed by atoms with Crippen molar-refractivity contribution in [1.82, 2.24) is 14.7 Å². The Bertz CT molecular complexity index is 698. The molecule has 2 rings (SSSR count). The molecule has 0 unspecified atom stereocenters. The zero-order valence-corrected chi connectivity index (χ0v) is 16.0. The van der Waals surface area contributed by atoms with Crippen molar-refractivity contribution in [3.05, 3.63) is 40.6 Å². The molecule has 0 saturated heterocycles. The van der Waals surface area contributed by atoms with E-state index in [0.29, 0.717) is 17.0 Å². The van der Waals surface area contributed by atoms with Crippen LogP contribution in [-0.2, 0) is 6.54 Å². The van der Waals surface area contributed by atoms with Gasteiger partial charge in [0.15, 0.2) is 0 Å². The molecule has 0 aliphatic rings. The molecule has 0 aliphatic heterocycles. The van der Waals surface area contributed by atoms with Gasteiger partial charge in [-0.15, -0.1) is 0 Å². The van der Waals surface area contributed by atoms with Gasteiger partial charge in [0, 0.05) is 17.2 Å². The van der Waals surface area contributed by atoms with Gasteiger partial charge in [-0.2, -0.15) is 5.10 Å². The van der Waals surface area contributed by atoms with Crippen LogP contribution in [0.1, 0.15) is 24.2 Å². The molecule has 1 aromatic carbocycles. The number of nitrogens with zero attached hydrogens (tertiary/aromatic N) is 3. The lowest BCUT2D eigenvalue weighted by Gasteiger charge is -2.14. The van der Waals surface area contributed by atoms with Crippen molar-refractivity contribution < 1.29 is 9.53 Å². The van der Waals surface area contributed by atoms with Gasteiger partial charge < -0.3 is 15.0 Å². The van der Waals surface area contributed by atoms with Crippen molar-refractivity contribution in [1.29, 1.82) is 0 Å². The summed E-state index contributed by atoms with van der Waals surface area (Å²) >= 11 is 3.41. The molecule has 130 valence electrons. The highest BCUT2D eigenvalue weighted by Crippen LogP contribution is 2.25. The first-order valence-corrected chi connectivity index (χ1v) is 8.59. The van der Waals surface area contributed by atoms with Crippen molar-refractivity contribution in [3.8, 4) is 5.75 Å². The smallest absolute Gasteiger partial charge is 0.259 e. The number of aromatic nitrogens is 2. The van der Waals surface area contributed by atoms with Crippen LogP contribution >= 0.6 is 15.9 Å². The summed E-state index contributed by atoms with van der Waals surface area (Å²) < 4.78 is 8.41. The molecule has 0 aliphatic carbocycles. The van der Waals surface area contributed by atoms with E-state index >= 15 is 0 Å². The van der Waals surface area contributed by atoms with Crippen LogP contribution in [-0.4, -0.2) is 47.3 Å². The molecule has 1 amide bonds. The minimum absolute atomic E-state index is 0.0142. The lowest BCUT2D eigenvalue weighted by Crippen LogP contribution is -2.18. The van der Waals surface area contributed by atoms with E-state index in [-0.39, 0.29) is 12.0 Å². The molecule has 6 nitrogen and oxygen atoms in total. The molecule has 1 aromatic heterocycles. The summed E-state index contributed by atoms with van der Waals surface area (Å²) in [5.41, 5.74) is 1.16. The third kappa shape index (κ3) is 5.35. The molecule has 7 heteroatoms. The third-order valence-electron chi connectivity index (χ3n) is 3.22. The molecule has 0 bridgehead atoms. The zero-order valence-electron chi connectivity index (χ0n) is 14.4. The van der Waals surface area contributed by atoms with Crippen LogP contribution < -0.4 is 10.1 Å². The van der Waals surface area contributed by atoms with Crippen LogP contribution in [0.5, 0.6) is 5.75 Å². The molecule has 0 saturated carbocycles. The third-order valence-corrected chi connectivity index (χ3v) is 3.71. The fraction of sp³-hybridized carbons (Fsp3) is 0.412. The van der Waals surface area contributed by atoms with E-state index in [1.165, 1.54) is 0 Å². The molecule has 1 N–H and O–H groups in total. The maximum absolute atomic E-state index is 12.6. The molecule has 0 atom stereocenters. The van der Waals surface area contributed by atoms with Gasteiger partial charge in [-0.3, -0.25) is 9.48 Å². The van der Waals surface area contributed by atoms with Crippen molar-refractivity contribution in [2.75, 3.05) is 26.0 Å². The summed E-state index contributed by atoms with van der Waals surface area (Å²) in [5, 5.41) is 7.12. The molecule has 1 heterocycles. The Hall–Kier alpha value is -1.86. The largest absolute Gasteiger partial charge is 0.490 e. The second-order valence-corrected chi connectivity index (χ2v) is 6.97. The Morgan fingerprint density at radius 1 is 1.42 bits per heavy atom. The second-order valence-electron chi connectivity index (χ2n) is 6.06. The van der Waals surface area contributed by atoms with Crippen LogP contribution in [0.4, 0.5) is 5.69 Å². The Labute approximate surface area is 150 Å². The summed E-state index contributed by atoms with van der Waals surface area (Å²) in [6, 6.07) is 5.37. The number of hydrogen-bond acceptors (Lipinski definition) is 4. The van der Waals surface area contributed by atoms with Gasteiger partial charge in [0.25, 0.3) is 5.91 Å². The van der Waals surface area contributed by atoms with Crippen molar-refractivity contribution in [3.63, 3.8) is 0 Å². The zero-order chi connectivity index (χ0) is 17.7. The van der Waals surface area contributed by atoms with E-state index in [9.17, 15) is 4.79 Å². The van der Waals surface area contributed by atoms with Crippen LogP contribution in [0.3, 0.4) is 0 Å². The maximum atomic E-state index is 12.6. The summed E-state index contributed by atoms with van der Waals surface area (Å²) in [7, 11) is 4.02. The number of ether oxygens (including phenoxy) is 1. The summed E-state index contributed by atoms with van der Waals surface area (Å²) in [6.45, 7) is 5.51. The second kappa shape index (κ2) is 8.30. The average molecular weight is 395 g/mol. The van der Waals surface area contributed by atoms with Crippen molar-refractivity contribution in [2.45, 2.75) is 26.5 Å². The van der Waals surface area contributed by atoms with E-state index in [4.69, 9.17) is 4.74 Å². The van der Waals surface area contributed by atoms with Gasteiger partial charge in [0.05, 0.1) is 30.1 Å². The van der Waals surface area contributed by atoms with Crippen molar-refractivity contribution in [2.24, 2.45) is 0 Å². The van der Waals surface area contributed by atoms with Gasteiger partial charge in [0.2, 0.25) is 0 Å². The number of carbonyl (C=O) groups excluding carboxylic acids is 1. The van der Waals surface area contributed by atoms with E-state index < -0.39 is 0 Å². The number of rotatable bonds is 7. The molecule has 0 spiro atoms. The molecular weight excluding hydrogens is 372 g/mol. The Balaban J connectivity index is 2.09. The fourth-order valence-electron chi connectivity index (χ4n) is 2.09. The normalized spacial score (nSPS) is 11.1. The Morgan fingerprint density at radius 2 is 2.17 bits per heavy atom. The predicted molar refractivity (Wildman–Crippen MR) is 98.6 cm³/mol. The summed E-state index contributed by atoms with van der Waals surface area (Å²) in [5.74, 6) is 0.335. The average Bonchev–Trinajstić information content (AvgIpc) is 2.92. The Morgan fingerprint density at radius 3 is 2.83 bits per heavy atom. The van der Waals surface area contributed by atoms with Crippen molar-refractivity contribution >= 4 is 27.5 Å². The molecule has 0 fully saturated rings. The first-order chi connectivity index (χ1) is 11.3. The lowest BCUT2D eigenvalue weighted by atomic mass is 10.2. The summed E-state index contributed by atoms with van der Waals surface area (Å²) in [6.07, 6.45) is 3.46. The molecule has 0 radical (unpaired) electrons. The Kier molecular flexibility index (Phi) is 6.39. The van der Waals surface area contributed by atoms with E-state index in [1.54, 1.807) is 18.3 Å². The lowest BCUT2D eigenvalue weighted by molar-refractivity contribution is 0.102. The van der Waals surface area contributed by atoms with Crippen LogP contribution in [0.25, 0.3) is 0 Å². The summed E-state index contributed by atoms with van der Waals surface area (Å²) in [4.78, 5) is 14.6. The number of hydrogen-bond donors (Lipinski definition) is 1. The van der Waals surface area contributed by atoms with Gasteiger partial charge in [-0.1, -0.05) is 15.9 Å². The SMILES string of the molecule is CC(C)Oc1cc(Br)ccc1C(=O)Nc1cnn(CCN(C)C)c1. The highest BCUT2D eigenvalue weighted by atomic mass is 79.9. The van der Waals surface area contributed by atoms with Crippen LogP contribution in [0.15, 0.2) is 35.1 Å². The van der Waals surface area contributed by atoms with Gasteiger partial charge >= 0.3 is 0 Å². The van der Waals surface area contributed by atoms with E-state index in [1.807, 2.05) is 44.9 Å². The highest BCUT2D eigenvalue weighted by Gasteiger charge is 2.15. The number of benzene rings is 1. The quantitative estimate of drug-likeness (QED) is 0.782. The highest BCUT2D eigenvalue weighted by molar-refractivity contribution is 9.10. The fourth-order valence-corrected chi connectivity index (χ4v) is 2.43. The number of nitrogens with one attached hydrogen (secondary N) is 1. The van der Waals surface area contributed by atoms with Gasteiger partial charge in [-0.25, -0.2) is 0 Å². The van der Waals surface area contributed by atoms with Crippen LogP contribution in [0, 0.1) is 0 Å². The molecule has 2 aromatic rings. The molecule has 24 heavy (non-hydrogen) atoms.